The number of likely N-dealkylation sites (tertiary alicyclic amines) is 1. The van der Waals surface area contributed by atoms with E-state index < -0.39 is 0 Å². The molecule has 1 rings (SSSR count). The number of ether oxygens (including phenoxy) is 1. The van der Waals surface area contributed by atoms with Crippen molar-refractivity contribution in [1.82, 2.24) is 4.90 Å². The molecule has 0 radical (unpaired) electrons. The minimum Gasteiger partial charge on any atom is -0.383 e. The van der Waals surface area contributed by atoms with Gasteiger partial charge >= 0.3 is 0 Å². The van der Waals surface area contributed by atoms with E-state index in [9.17, 15) is 0 Å². The molecule has 1 fully saturated rings. The molecule has 1 aliphatic heterocycles. The Balaban J connectivity index is 2.36. The fourth-order valence-electron chi connectivity index (χ4n) is 2.01. The van der Waals surface area contributed by atoms with Crippen LogP contribution in [0, 0.1) is 5.92 Å². The van der Waals surface area contributed by atoms with Gasteiger partial charge in [-0.15, -0.1) is 0 Å². The summed E-state index contributed by atoms with van der Waals surface area (Å²) in [5.74, 6) is 0.932. The van der Waals surface area contributed by atoms with E-state index in [0.717, 1.165) is 12.5 Å². The SMILES string of the molecule is CCC1CCN(C)[C@H](COC)C1. The lowest BCUT2D eigenvalue weighted by Crippen LogP contribution is -2.42. The lowest BCUT2D eigenvalue weighted by Gasteiger charge is -2.36. The number of hydrogen-bond acceptors (Lipinski definition) is 2. The lowest BCUT2D eigenvalue weighted by atomic mass is 9.89. The Labute approximate surface area is 75.9 Å². The number of rotatable bonds is 3. The third kappa shape index (κ3) is 2.46. The number of piperidine rings is 1. The van der Waals surface area contributed by atoms with Crippen LogP contribution in [0.15, 0.2) is 0 Å². The average Bonchev–Trinajstić information content (AvgIpc) is 2.09. The van der Waals surface area contributed by atoms with Gasteiger partial charge in [-0.1, -0.05) is 13.3 Å². The van der Waals surface area contributed by atoms with Crippen molar-refractivity contribution in [1.29, 1.82) is 0 Å². The first-order chi connectivity index (χ1) is 5.77. The molecule has 0 saturated carbocycles. The quantitative estimate of drug-likeness (QED) is 0.641. The second kappa shape index (κ2) is 4.83. The summed E-state index contributed by atoms with van der Waals surface area (Å²) in [5, 5.41) is 0. The minimum atomic E-state index is 0.661. The van der Waals surface area contributed by atoms with Crippen molar-refractivity contribution < 1.29 is 4.74 Å². The van der Waals surface area contributed by atoms with E-state index in [1.807, 2.05) is 0 Å². The van der Waals surface area contributed by atoms with Crippen LogP contribution in [0.4, 0.5) is 0 Å². The second-order valence-corrected chi connectivity index (χ2v) is 3.89. The van der Waals surface area contributed by atoms with Crippen LogP contribution < -0.4 is 0 Å². The summed E-state index contributed by atoms with van der Waals surface area (Å²) in [4.78, 5) is 2.43. The molecule has 12 heavy (non-hydrogen) atoms. The summed E-state index contributed by atoms with van der Waals surface area (Å²) in [6.07, 6.45) is 4.02. The standard InChI is InChI=1S/C10H21NO/c1-4-9-5-6-11(2)10(7-9)8-12-3/h9-10H,4-8H2,1-3H3/t9?,10-/m0/s1. The van der Waals surface area contributed by atoms with E-state index in [2.05, 4.69) is 18.9 Å². The second-order valence-electron chi connectivity index (χ2n) is 3.89. The molecule has 0 aromatic rings. The van der Waals surface area contributed by atoms with Crippen LogP contribution in [-0.4, -0.2) is 38.3 Å². The van der Waals surface area contributed by atoms with Gasteiger partial charge in [-0.25, -0.2) is 0 Å². The maximum absolute atomic E-state index is 5.20. The number of likely N-dealkylation sites (N-methyl/N-ethyl adjacent to an activating group) is 1. The van der Waals surface area contributed by atoms with Crippen molar-refractivity contribution in [2.45, 2.75) is 32.2 Å². The Morgan fingerprint density at radius 2 is 2.25 bits per heavy atom. The highest BCUT2D eigenvalue weighted by Gasteiger charge is 2.24. The van der Waals surface area contributed by atoms with Crippen molar-refractivity contribution in [2.24, 2.45) is 5.92 Å². The van der Waals surface area contributed by atoms with E-state index in [1.165, 1.54) is 25.8 Å². The molecule has 2 heteroatoms. The molecule has 0 amide bonds. The van der Waals surface area contributed by atoms with Crippen molar-refractivity contribution >= 4 is 0 Å². The fraction of sp³-hybridized carbons (Fsp3) is 1.00. The molecule has 1 aliphatic rings. The van der Waals surface area contributed by atoms with Gasteiger partial charge in [0.25, 0.3) is 0 Å². The van der Waals surface area contributed by atoms with Gasteiger partial charge in [0.2, 0.25) is 0 Å². The zero-order chi connectivity index (χ0) is 8.97. The third-order valence-corrected chi connectivity index (χ3v) is 3.06. The van der Waals surface area contributed by atoms with Crippen molar-refractivity contribution in [3.63, 3.8) is 0 Å². The topological polar surface area (TPSA) is 12.5 Å². The Morgan fingerprint density at radius 3 is 2.83 bits per heavy atom. The molecule has 0 N–H and O–H groups in total. The first-order valence-electron chi connectivity index (χ1n) is 4.97. The highest BCUT2D eigenvalue weighted by molar-refractivity contribution is 4.78. The van der Waals surface area contributed by atoms with Crippen LogP contribution >= 0.6 is 0 Å². The van der Waals surface area contributed by atoms with Gasteiger partial charge in [-0.3, -0.25) is 0 Å². The van der Waals surface area contributed by atoms with E-state index >= 15 is 0 Å². The van der Waals surface area contributed by atoms with E-state index in [1.54, 1.807) is 7.11 Å². The molecule has 1 unspecified atom stereocenters. The molecule has 2 nitrogen and oxygen atoms in total. The first kappa shape index (κ1) is 10.0. The largest absolute Gasteiger partial charge is 0.383 e. The molecular weight excluding hydrogens is 150 g/mol. The van der Waals surface area contributed by atoms with E-state index in [4.69, 9.17) is 4.74 Å². The number of methoxy groups -OCH3 is 1. The fourth-order valence-corrected chi connectivity index (χ4v) is 2.01. The Morgan fingerprint density at radius 1 is 1.50 bits per heavy atom. The molecule has 2 atom stereocenters. The Hall–Kier alpha value is -0.0800. The molecule has 1 heterocycles. The van der Waals surface area contributed by atoms with E-state index in [-0.39, 0.29) is 0 Å². The van der Waals surface area contributed by atoms with Crippen LogP contribution in [-0.2, 0) is 4.74 Å². The van der Waals surface area contributed by atoms with Crippen molar-refractivity contribution in [3.8, 4) is 0 Å². The molecular formula is C10H21NO. The van der Waals surface area contributed by atoms with Gasteiger partial charge in [0.05, 0.1) is 6.61 Å². The van der Waals surface area contributed by atoms with Crippen LogP contribution in [0.3, 0.4) is 0 Å². The Kier molecular flexibility index (Phi) is 4.02. The minimum absolute atomic E-state index is 0.661. The van der Waals surface area contributed by atoms with Crippen LogP contribution in [0.1, 0.15) is 26.2 Å². The summed E-state index contributed by atoms with van der Waals surface area (Å²) >= 11 is 0. The highest BCUT2D eigenvalue weighted by Crippen LogP contribution is 2.23. The zero-order valence-corrected chi connectivity index (χ0v) is 8.55. The first-order valence-corrected chi connectivity index (χ1v) is 4.97. The summed E-state index contributed by atoms with van der Waals surface area (Å²) in [7, 11) is 4.00. The summed E-state index contributed by atoms with van der Waals surface area (Å²) in [6, 6.07) is 0.661. The van der Waals surface area contributed by atoms with Gasteiger partial charge in [0, 0.05) is 13.2 Å². The monoisotopic (exact) mass is 171 g/mol. The maximum Gasteiger partial charge on any atom is 0.0618 e. The third-order valence-electron chi connectivity index (χ3n) is 3.06. The van der Waals surface area contributed by atoms with Gasteiger partial charge < -0.3 is 9.64 Å². The van der Waals surface area contributed by atoms with Gasteiger partial charge in [-0.2, -0.15) is 0 Å². The Bertz CT molecular complexity index is 127. The molecule has 0 bridgehead atoms. The summed E-state index contributed by atoms with van der Waals surface area (Å²) in [6.45, 7) is 4.43. The molecule has 72 valence electrons. The molecule has 0 aromatic carbocycles. The maximum atomic E-state index is 5.20. The van der Waals surface area contributed by atoms with Crippen LogP contribution in [0.5, 0.6) is 0 Å². The predicted octanol–water partition coefficient (Wildman–Crippen LogP) is 1.75. The molecule has 0 aliphatic carbocycles. The average molecular weight is 171 g/mol. The van der Waals surface area contributed by atoms with Gasteiger partial charge in [0.1, 0.15) is 0 Å². The normalized spacial score (nSPS) is 32.2. The summed E-state index contributed by atoms with van der Waals surface area (Å²) in [5.41, 5.74) is 0. The summed E-state index contributed by atoms with van der Waals surface area (Å²) < 4.78 is 5.20. The van der Waals surface area contributed by atoms with Crippen LogP contribution in [0.25, 0.3) is 0 Å². The van der Waals surface area contributed by atoms with Gasteiger partial charge in [0.15, 0.2) is 0 Å². The highest BCUT2D eigenvalue weighted by atomic mass is 16.5. The van der Waals surface area contributed by atoms with Crippen molar-refractivity contribution in [3.05, 3.63) is 0 Å². The lowest BCUT2D eigenvalue weighted by molar-refractivity contribution is 0.0613. The predicted molar refractivity (Wildman–Crippen MR) is 51.3 cm³/mol. The molecule has 0 spiro atoms. The van der Waals surface area contributed by atoms with Crippen molar-refractivity contribution in [2.75, 3.05) is 27.3 Å². The molecule has 0 aromatic heterocycles. The number of nitrogens with zero attached hydrogens (tertiary/aromatic N) is 1. The number of hydrogen-bond donors (Lipinski definition) is 0. The zero-order valence-electron chi connectivity index (χ0n) is 8.55. The van der Waals surface area contributed by atoms with E-state index in [0.29, 0.717) is 6.04 Å². The smallest absolute Gasteiger partial charge is 0.0618 e. The van der Waals surface area contributed by atoms with Crippen LogP contribution in [0.2, 0.25) is 0 Å². The van der Waals surface area contributed by atoms with Gasteiger partial charge in [-0.05, 0) is 32.4 Å². The molecule has 1 saturated heterocycles.